The molecule has 34 heavy (non-hydrogen) atoms. The highest BCUT2D eigenvalue weighted by atomic mass is 16.7. The molecule has 0 atom stereocenters. The van der Waals surface area contributed by atoms with E-state index in [2.05, 4.69) is 105 Å². The molecule has 166 valence electrons. The van der Waals surface area contributed by atoms with E-state index in [9.17, 15) is 0 Å². The first kappa shape index (κ1) is 20.0. The van der Waals surface area contributed by atoms with Crippen molar-refractivity contribution in [3.8, 4) is 0 Å². The molecule has 6 aromatic rings. The van der Waals surface area contributed by atoms with E-state index in [1.807, 2.05) is 6.07 Å². The molecule has 7 rings (SSSR count). The average Bonchev–Trinajstić information content (AvgIpc) is 3.32. The van der Waals surface area contributed by atoms with Gasteiger partial charge in [-0.2, -0.15) is 0 Å². The second kappa shape index (κ2) is 6.59. The van der Waals surface area contributed by atoms with Gasteiger partial charge in [-0.05, 0) is 67.5 Å². The van der Waals surface area contributed by atoms with Crippen LogP contribution in [0.5, 0.6) is 0 Å². The third kappa shape index (κ3) is 2.54. The number of hydrogen-bond donors (Lipinski definition) is 0. The number of aromatic nitrogens is 2. The highest BCUT2D eigenvalue weighted by Gasteiger charge is 2.52. The van der Waals surface area contributed by atoms with Crippen LogP contribution in [0, 0.1) is 0 Å². The Hall–Kier alpha value is -3.41. The van der Waals surface area contributed by atoms with E-state index in [0.29, 0.717) is 0 Å². The van der Waals surface area contributed by atoms with E-state index in [4.69, 9.17) is 14.3 Å². The van der Waals surface area contributed by atoms with Crippen molar-refractivity contribution < 1.29 is 9.31 Å². The van der Waals surface area contributed by atoms with Crippen molar-refractivity contribution in [1.82, 2.24) is 9.38 Å². The van der Waals surface area contributed by atoms with Crippen LogP contribution in [-0.4, -0.2) is 27.7 Å². The quantitative estimate of drug-likeness (QED) is 0.222. The topological polar surface area (TPSA) is 35.8 Å². The summed E-state index contributed by atoms with van der Waals surface area (Å²) in [4.78, 5) is 5.12. The van der Waals surface area contributed by atoms with Crippen LogP contribution in [0.3, 0.4) is 0 Å². The van der Waals surface area contributed by atoms with Crippen LogP contribution >= 0.6 is 0 Å². The van der Waals surface area contributed by atoms with Crippen molar-refractivity contribution in [2.45, 2.75) is 38.9 Å². The highest BCUT2D eigenvalue weighted by molar-refractivity contribution is 6.66. The van der Waals surface area contributed by atoms with E-state index in [-0.39, 0.29) is 0 Å². The first-order chi connectivity index (χ1) is 16.4. The second-order valence-corrected chi connectivity index (χ2v) is 10.3. The van der Waals surface area contributed by atoms with Gasteiger partial charge in [0.15, 0.2) is 0 Å². The molecule has 0 aliphatic carbocycles. The average molecular weight is 444 g/mol. The zero-order valence-electron chi connectivity index (χ0n) is 19.8. The first-order valence-electron chi connectivity index (χ1n) is 11.8. The number of pyridine rings is 1. The van der Waals surface area contributed by atoms with Gasteiger partial charge in [0.05, 0.1) is 27.8 Å². The van der Waals surface area contributed by atoms with E-state index in [1.54, 1.807) is 0 Å². The maximum atomic E-state index is 6.51. The maximum Gasteiger partial charge on any atom is 0.495 e. The minimum atomic E-state index is -0.437. The molecule has 4 nitrogen and oxygen atoms in total. The Labute approximate surface area is 198 Å². The molecule has 0 amide bonds. The molecule has 0 saturated carbocycles. The highest BCUT2D eigenvalue weighted by Crippen LogP contribution is 2.40. The number of hydrogen-bond acceptors (Lipinski definition) is 3. The lowest BCUT2D eigenvalue weighted by Crippen LogP contribution is -2.41. The van der Waals surface area contributed by atoms with Gasteiger partial charge in [0, 0.05) is 10.8 Å². The number of imidazole rings is 1. The summed E-state index contributed by atoms with van der Waals surface area (Å²) >= 11 is 0. The summed E-state index contributed by atoms with van der Waals surface area (Å²) in [7, 11) is -0.437. The first-order valence-corrected chi connectivity index (χ1v) is 11.8. The Morgan fingerprint density at radius 1 is 0.676 bits per heavy atom. The van der Waals surface area contributed by atoms with E-state index < -0.39 is 18.3 Å². The van der Waals surface area contributed by atoms with Crippen LogP contribution in [0.2, 0.25) is 0 Å². The van der Waals surface area contributed by atoms with Crippen LogP contribution in [0.1, 0.15) is 27.7 Å². The predicted molar refractivity (Wildman–Crippen MR) is 141 cm³/mol. The zero-order valence-corrected chi connectivity index (χ0v) is 19.8. The van der Waals surface area contributed by atoms with Gasteiger partial charge in [-0.3, -0.25) is 4.40 Å². The lowest BCUT2D eigenvalue weighted by molar-refractivity contribution is 0.00578. The smallest absolute Gasteiger partial charge is 0.399 e. The molecule has 1 aliphatic heterocycles. The van der Waals surface area contributed by atoms with Crippen LogP contribution in [0.15, 0.2) is 78.9 Å². The summed E-state index contributed by atoms with van der Waals surface area (Å²) in [6.45, 7) is 8.41. The molecule has 5 heteroatoms. The Bertz CT molecular complexity index is 1770. The van der Waals surface area contributed by atoms with Crippen molar-refractivity contribution in [3.63, 3.8) is 0 Å². The molecule has 0 radical (unpaired) electrons. The summed E-state index contributed by atoms with van der Waals surface area (Å²) < 4.78 is 15.3. The van der Waals surface area contributed by atoms with E-state index in [1.165, 1.54) is 10.8 Å². The fraction of sp³-hybridized carbons (Fsp3) is 0.207. The maximum absolute atomic E-state index is 6.51. The lowest BCUT2D eigenvalue weighted by atomic mass is 9.74. The number of rotatable bonds is 1. The monoisotopic (exact) mass is 444 g/mol. The Morgan fingerprint density at radius 2 is 1.26 bits per heavy atom. The number of fused-ring (bicyclic) bond motifs is 10. The molecule has 4 aromatic carbocycles. The van der Waals surface area contributed by atoms with Crippen LogP contribution in [-0.2, 0) is 9.31 Å². The standard InChI is InChI=1S/C29H25BN2O2/c1-28(2)29(3,4)34-30(33-28)22-17-21-19-12-7-9-15-24(19)32-25-16-10-8-14-23(25)31-27(32)26(21)20-13-6-5-11-18(20)22/h5-17H,1-4H3. The normalized spacial score (nSPS) is 17.6. The largest absolute Gasteiger partial charge is 0.495 e. The van der Waals surface area contributed by atoms with Gasteiger partial charge in [0.2, 0.25) is 0 Å². The van der Waals surface area contributed by atoms with Crippen molar-refractivity contribution in [1.29, 1.82) is 0 Å². The molecular weight excluding hydrogens is 419 g/mol. The molecule has 1 saturated heterocycles. The molecule has 2 aromatic heterocycles. The van der Waals surface area contributed by atoms with Crippen LogP contribution in [0.25, 0.3) is 49.1 Å². The summed E-state index contributed by atoms with van der Waals surface area (Å²) in [6, 6.07) is 27.8. The molecular formula is C29H25BN2O2. The number of nitrogens with zero attached hydrogens (tertiary/aromatic N) is 2. The number of benzene rings is 4. The number of para-hydroxylation sites is 3. The zero-order chi connectivity index (χ0) is 23.2. The molecule has 0 N–H and O–H groups in total. The summed E-state index contributed by atoms with van der Waals surface area (Å²) in [5, 5.41) is 5.82. The van der Waals surface area contributed by atoms with Crippen LogP contribution < -0.4 is 5.46 Å². The second-order valence-electron chi connectivity index (χ2n) is 10.3. The van der Waals surface area contributed by atoms with Crippen molar-refractivity contribution >= 4 is 61.7 Å². The Kier molecular flexibility index (Phi) is 3.88. The van der Waals surface area contributed by atoms with Gasteiger partial charge < -0.3 is 9.31 Å². The van der Waals surface area contributed by atoms with Crippen molar-refractivity contribution in [2.24, 2.45) is 0 Å². The van der Waals surface area contributed by atoms with Crippen molar-refractivity contribution in [2.75, 3.05) is 0 Å². The van der Waals surface area contributed by atoms with Gasteiger partial charge in [0.1, 0.15) is 5.65 Å². The summed E-state index contributed by atoms with van der Waals surface area (Å²) in [5.74, 6) is 0. The Balaban J connectivity index is 1.68. The predicted octanol–water partition coefficient (Wildman–Crippen LogP) is 6.25. The molecule has 3 heterocycles. The van der Waals surface area contributed by atoms with Gasteiger partial charge >= 0.3 is 7.12 Å². The summed E-state index contributed by atoms with van der Waals surface area (Å²) in [6.07, 6.45) is 0. The fourth-order valence-corrected chi connectivity index (χ4v) is 5.36. The van der Waals surface area contributed by atoms with Gasteiger partial charge in [-0.25, -0.2) is 4.98 Å². The molecule has 0 bridgehead atoms. The third-order valence-corrected chi connectivity index (χ3v) is 7.80. The van der Waals surface area contributed by atoms with Gasteiger partial charge in [0.25, 0.3) is 0 Å². The van der Waals surface area contributed by atoms with Crippen LogP contribution in [0.4, 0.5) is 0 Å². The molecule has 1 fully saturated rings. The minimum absolute atomic E-state index is 0.402. The third-order valence-electron chi connectivity index (χ3n) is 7.80. The molecule has 0 spiro atoms. The van der Waals surface area contributed by atoms with Gasteiger partial charge in [-0.15, -0.1) is 0 Å². The lowest BCUT2D eigenvalue weighted by Gasteiger charge is -2.32. The molecule has 1 aliphatic rings. The summed E-state index contributed by atoms with van der Waals surface area (Å²) in [5.41, 5.74) is 4.50. The van der Waals surface area contributed by atoms with Gasteiger partial charge in [-0.1, -0.05) is 60.7 Å². The molecule has 0 unspecified atom stereocenters. The van der Waals surface area contributed by atoms with Crippen molar-refractivity contribution in [3.05, 3.63) is 78.9 Å². The Morgan fingerprint density at radius 3 is 2.00 bits per heavy atom. The fourth-order valence-electron chi connectivity index (χ4n) is 5.36. The van der Waals surface area contributed by atoms with E-state index >= 15 is 0 Å². The SMILES string of the molecule is CC1(C)OB(c2cc3c4ccccc4n4c5ccccc5nc4c3c3ccccc23)OC1(C)C. The van der Waals surface area contributed by atoms with E-state index in [0.717, 1.165) is 43.8 Å². The minimum Gasteiger partial charge on any atom is -0.399 e.